The van der Waals surface area contributed by atoms with Crippen molar-refractivity contribution < 1.29 is 13.6 Å². The van der Waals surface area contributed by atoms with Gasteiger partial charge >= 0.3 is 6.01 Å². The van der Waals surface area contributed by atoms with Crippen LogP contribution < -0.4 is 10.6 Å². The average Bonchev–Trinajstić information content (AvgIpc) is 3.21. The standard InChI is InChI=1S/C22H15FN6O2/c23-15-8-6-14(7-9-15)21-28-29-22(31-21)27-19-20(30)25-17-12-24-11-10-16(17)18(26-19)13-4-2-1-3-5-13/h1-12,19H,(H,25,30)(H,27,29). The van der Waals surface area contributed by atoms with Crippen LogP contribution in [-0.2, 0) is 4.79 Å². The predicted octanol–water partition coefficient (Wildman–Crippen LogP) is 3.50. The molecule has 0 fully saturated rings. The quantitative estimate of drug-likeness (QED) is 0.530. The van der Waals surface area contributed by atoms with E-state index in [1.54, 1.807) is 18.5 Å². The molecule has 1 amide bonds. The van der Waals surface area contributed by atoms with Gasteiger partial charge in [-0.05, 0) is 30.3 Å². The van der Waals surface area contributed by atoms with Gasteiger partial charge in [0, 0.05) is 22.9 Å². The van der Waals surface area contributed by atoms with Crippen LogP contribution in [-0.4, -0.2) is 33.0 Å². The summed E-state index contributed by atoms with van der Waals surface area (Å²) in [4.78, 5) is 21.6. The van der Waals surface area contributed by atoms with E-state index in [9.17, 15) is 9.18 Å². The first-order valence-corrected chi connectivity index (χ1v) is 9.42. The van der Waals surface area contributed by atoms with Gasteiger partial charge in [0.1, 0.15) is 5.82 Å². The third kappa shape index (κ3) is 3.76. The molecule has 0 bridgehead atoms. The van der Waals surface area contributed by atoms with Crippen molar-refractivity contribution in [3.8, 4) is 11.5 Å². The van der Waals surface area contributed by atoms with E-state index in [0.717, 1.165) is 11.1 Å². The Hall–Kier alpha value is -4.40. The molecule has 0 saturated heterocycles. The van der Waals surface area contributed by atoms with Crippen molar-refractivity contribution >= 4 is 23.3 Å². The van der Waals surface area contributed by atoms with Gasteiger partial charge in [0.15, 0.2) is 0 Å². The third-order valence-corrected chi connectivity index (χ3v) is 4.66. The van der Waals surface area contributed by atoms with Crippen LogP contribution in [0.3, 0.4) is 0 Å². The van der Waals surface area contributed by atoms with Gasteiger partial charge in [0.25, 0.3) is 5.91 Å². The highest BCUT2D eigenvalue weighted by Crippen LogP contribution is 2.25. The van der Waals surface area contributed by atoms with Crippen molar-refractivity contribution in [1.82, 2.24) is 15.2 Å². The number of carbonyl (C=O) groups excluding carboxylic acids is 1. The van der Waals surface area contributed by atoms with Crippen LogP contribution in [0.4, 0.5) is 16.1 Å². The molecule has 2 N–H and O–H groups in total. The lowest BCUT2D eigenvalue weighted by molar-refractivity contribution is -0.116. The number of carbonyl (C=O) groups is 1. The molecule has 31 heavy (non-hydrogen) atoms. The molecular formula is C22H15FN6O2. The maximum Gasteiger partial charge on any atom is 0.317 e. The number of anilines is 2. The molecule has 9 heteroatoms. The normalized spacial score (nSPS) is 15.5. The fourth-order valence-electron chi connectivity index (χ4n) is 3.19. The molecular weight excluding hydrogens is 399 g/mol. The summed E-state index contributed by atoms with van der Waals surface area (Å²) >= 11 is 0. The Morgan fingerprint density at radius 2 is 1.77 bits per heavy atom. The van der Waals surface area contributed by atoms with Crippen LogP contribution in [0.15, 0.2) is 82.5 Å². The zero-order valence-electron chi connectivity index (χ0n) is 16.0. The summed E-state index contributed by atoms with van der Waals surface area (Å²) in [6.07, 6.45) is 2.20. The monoisotopic (exact) mass is 414 g/mol. The second kappa shape index (κ2) is 7.79. The van der Waals surface area contributed by atoms with E-state index in [1.165, 1.54) is 24.3 Å². The molecule has 1 unspecified atom stereocenters. The number of halogens is 1. The number of amides is 1. The van der Waals surface area contributed by atoms with Gasteiger partial charge in [0.2, 0.25) is 12.1 Å². The van der Waals surface area contributed by atoms with Crippen LogP contribution in [0.25, 0.3) is 11.5 Å². The van der Waals surface area contributed by atoms with Gasteiger partial charge in [-0.25, -0.2) is 9.38 Å². The van der Waals surface area contributed by atoms with Crippen molar-refractivity contribution in [2.75, 3.05) is 10.6 Å². The molecule has 4 aromatic rings. The van der Waals surface area contributed by atoms with Crippen LogP contribution >= 0.6 is 0 Å². The summed E-state index contributed by atoms with van der Waals surface area (Å²) < 4.78 is 18.7. The van der Waals surface area contributed by atoms with Gasteiger partial charge < -0.3 is 15.1 Å². The minimum Gasteiger partial charge on any atom is -0.403 e. The van der Waals surface area contributed by atoms with E-state index in [4.69, 9.17) is 4.42 Å². The minimum absolute atomic E-state index is 0.0136. The molecule has 2 aromatic heterocycles. The Morgan fingerprint density at radius 3 is 2.58 bits per heavy atom. The van der Waals surface area contributed by atoms with Gasteiger partial charge in [-0.15, -0.1) is 5.10 Å². The van der Waals surface area contributed by atoms with E-state index in [-0.39, 0.29) is 17.7 Å². The number of rotatable bonds is 4. The zero-order valence-corrected chi connectivity index (χ0v) is 16.0. The second-order valence-corrected chi connectivity index (χ2v) is 6.72. The Kier molecular flexibility index (Phi) is 4.68. The number of fused-ring (bicyclic) bond motifs is 1. The first kappa shape index (κ1) is 18.6. The largest absolute Gasteiger partial charge is 0.403 e. The van der Waals surface area contributed by atoms with Crippen LogP contribution in [0, 0.1) is 5.82 Å². The predicted molar refractivity (Wildman–Crippen MR) is 112 cm³/mol. The first-order valence-electron chi connectivity index (χ1n) is 9.42. The lowest BCUT2D eigenvalue weighted by Crippen LogP contribution is -2.32. The van der Waals surface area contributed by atoms with Gasteiger partial charge in [-0.1, -0.05) is 35.4 Å². The number of aliphatic imine (C=N–C) groups is 1. The van der Waals surface area contributed by atoms with Crippen molar-refractivity contribution in [1.29, 1.82) is 0 Å². The van der Waals surface area contributed by atoms with Crippen molar-refractivity contribution in [3.05, 3.63) is 90.0 Å². The number of benzene rings is 2. The maximum absolute atomic E-state index is 13.1. The highest BCUT2D eigenvalue weighted by atomic mass is 19.1. The summed E-state index contributed by atoms with van der Waals surface area (Å²) in [6.45, 7) is 0. The fourth-order valence-corrected chi connectivity index (χ4v) is 3.19. The van der Waals surface area contributed by atoms with Gasteiger partial charge in [-0.2, -0.15) is 0 Å². The average molecular weight is 414 g/mol. The summed E-state index contributed by atoms with van der Waals surface area (Å²) in [5.74, 6) is -0.577. The Bertz CT molecular complexity index is 1270. The molecule has 5 rings (SSSR count). The highest BCUT2D eigenvalue weighted by Gasteiger charge is 2.27. The van der Waals surface area contributed by atoms with E-state index >= 15 is 0 Å². The number of aromatic nitrogens is 3. The summed E-state index contributed by atoms with van der Waals surface area (Å²) in [5, 5.41) is 13.6. The van der Waals surface area contributed by atoms with E-state index < -0.39 is 12.1 Å². The fraction of sp³-hybridized carbons (Fsp3) is 0.0455. The van der Waals surface area contributed by atoms with E-state index in [1.807, 2.05) is 30.3 Å². The lowest BCUT2D eigenvalue weighted by Gasteiger charge is -2.11. The van der Waals surface area contributed by atoms with Gasteiger partial charge in [-0.3, -0.25) is 9.78 Å². The van der Waals surface area contributed by atoms with Gasteiger partial charge in [0.05, 0.1) is 17.6 Å². The molecule has 1 atom stereocenters. The Balaban J connectivity index is 1.49. The molecule has 1 aliphatic heterocycles. The smallest absolute Gasteiger partial charge is 0.317 e. The lowest BCUT2D eigenvalue weighted by atomic mass is 10.0. The summed E-state index contributed by atoms with van der Waals surface area (Å²) in [5.41, 5.74) is 3.32. The molecule has 8 nitrogen and oxygen atoms in total. The SMILES string of the molecule is O=C1Nc2cnccc2C(c2ccccc2)=NC1Nc1nnc(-c2ccc(F)cc2)o1. The Morgan fingerprint density at radius 1 is 0.968 bits per heavy atom. The summed E-state index contributed by atoms with van der Waals surface area (Å²) in [6, 6.07) is 17.0. The van der Waals surface area contributed by atoms with E-state index in [0.29, 0.717) is 17.0 Å². The van der Waals surface area contributed by atoms with E-state index in [2.05, 4.69) is 30.8 Å². The number of nitrogens with zero attached hydrogens (tertiary/aromatic N) is 4. The Labute approximate surface area is 175 Å². The number of hydrogen-bond donors (Lipinski definition) is 2. The first-order chi connectivity index (χ1) is 15.2. The number of pyridine rings is 1. The molecule has 152 valence electrons. The van der Waals surface area contributed by atoms with Crippen molar-refractivity contribution in [3.63, 3.8) is 0 Å². The summed E-state index contributed by atoms with van der Waals surface area (Å²) in [7, 11) is 0. The number of nitrogens with one attached hydrogen (secondary N) is 2. The van der Waals surface area contributed by atoms with Crippen LogP contribution in [0.1, 0.15) is 11.1 Å². The highest BCUT2D eigenvalue weighted by molar-refractivity contribution is 6.19. The van der Waals surface area contributed by atoms with Crippen LogP contribution in [0.2, 0.25) is 0 Å². The molecule has 2 aromatic carbocycles. The molecule has 0 radical (unpaired) electrons. The zero-order chi connectivity index (χ0) is 21.2. The minimum atomic E-state index is -1.02. The molecule has 1 aliphatic rings. The topological polar surface area (TPSA) is 105 Å². The van der Waals surface area contributed by atoms with Crippen molar-refractivity contribution in [2.24, 2.45) is 4.99 Å². The maximum atomic E-state index is 13.1. The second-order valence-electron chi connectivity index (χ2n) is 6.72. The molecule has 0 aliphatic carbocycles. The third-order valence-electron chi connectivity index (χ3n) is 4.66. The van der Waals surface area contributed by atoms with Crippen LogP contribution in [0.5, 0.6) is 0 Å². The van der Waals surface area contributed by atoms with Crippen molar-refractivity contribution in [2.45, 2.75) is 6.17 Å². The molecule has 0 saturated carbocycles. The molecule has 0 spiro atoms. The number of hydrogen-bond acceptors (Lipinski definition) is 7. The molecule has 3 heterocycles.